The molecule has 2 aromatic heterocycles. The number of nitrogens with zero attached hydrogens (tertiary/aromatic N) is 4. The molecule has 0 aliphatic heterocycles. The standard InChI is InChI=1S/C22H17Cl2N5OS/c1-14-18(24)3-2-4-19(14)29-21(15-9-11-25-12-10-15)27-28-22(29)31-13-20(30)26-17-7-5-16(23)6-8-17/h2-12H,13H2,1H3,(H,26,30). The van der Waals surface area contributed by atoms with Gasteiger partial charge in [0.05, 0.1) is 11.4 Å². The molecule has 0 bridgehead atoms. The summed E-state index contributed by atoms with van der Waals surface area (Å²) in [6.07, 6.45) is 3.40. The fourth-order valence-corrected chi connectivity index (χ4v) is 4.01. The predicted molar refractivity (Wildman–Crippen MR) is 125 cm³/mol. The van der Waals surface area contributed by atoms with Gasteiger partial charge in [0.15, 0.2) is 11.0 Å². The highest BCUT2D eigenvalue weighted by molar-refractivity contribution is 7.99. The van der Waals surface area contributed by atoms with E-state index in [0.29, 0.717) is 26.7 Å². The number of thioether (sulfide) groups is 1. The fourth-order valence-electron chi connectivity index (χ4n) is 2.97. The number of amides is 1. The van der Waals surface area contributed by atoms with Crippen LogP contribution in [0.25, 0.3) is 17.1 Å². The van der Waals surface area contributed by atoms with Crippen LogP contribution >= 0.6 is 35.0 Å². The molecule has 0 saturated heterocycles. The Labute approximate surface area is 193 Å². The first-order valence-corrected chi connectivity index (χ1v) is 11.1. The number of carbonyl (C=O) groups is 1. The number of nitrogens with one attached hydrogen (secondary N) is 1. The second-order valence-corrected chi connectivity index (χ2v) is 8.39. The van der Waals surface area contributed by atoms with Crippen molar-refractivity contribution in [3.05, 3.63) is 82.6 Å². The van der Waals surface area contributed by atoms with Crippen molar-refractivity contribution in [3.63, 3.8) is 0 Å². The van der Waals surface area contributed by atoms with Gasteiger partial charge in [-0.15, -0.1) is 10.2 Å². The van der Waals surface area contributed by atoms with Gasteiger partial charge >= 0.3 is 0 Å². The Balaban J connectivity index is 1.63. The minimum absolute atomic E-state index is 0.157. The van der Waals surface area contributed by atoms with Gasteiger partial charge in [-0.05, 0) is 61.0 Å². The van der Waals surface area contributed by atoms with Crippen molar-refractivity contribution in [2.45, 2.75) is 12.1 Å². The molecule has 6 nitrogen and oxygen atoms in total. The predicted octanol–water partition coefficient (Wildman–Crippen LogP) is 5.68. The van der Waals surface area contributed by atoms with Gasteiger partial charge < -0.3 is 5.32 Å². The van der Waals surface area contributed by atoms with E-state index in [1.54, 1.807) is 36.7 Å². The highest BCUT2D eigenvalue weighted by Gasteiger charge is 2.19. The van der Waals surface area contributed by atoms with Crippen LogP contribution in [0.5, 0.6) is 0 Å². The van der Waals surface area contributed by atoms with E-state index < -0.39 is 0 Å². The van der Waals surface area contributed by atoms with Crippen molar-refractivity contribution in [1.29, 1.82) is 0 Å². The van der Waals surface area contributed by atoms with Gasteiger partial charge in [0, 0.05) is 33.7 Å². The third-order valence-corrected chi connectivity index (χ3v) is 6.10. The van der Waals surface area contributed by atoms with Crippen LogP contribution in [0.4, 0.5) is 5.69 Å². The smallest absolute Gasteiger partial charge is 0.234 e. The van der Waals surface area contributed by atoms with Crippen LogP contribution in [-0.4, -0.2) is 31.4 Å². The van der Waals surface area contributed by atoms with Crippen LogP contribution < -0.4 is 5.32 Å². The van der Waals surface area contributed by atoms with Crippen molar-refractivity contribution in [2.75, 3.05) is 11.1 Å². The molecular formula is C22H17Cl2N5OS. The number of benzene rings is 2. The monoisotopic (exact) mass is 469 g/mol. The Morgan fingerprint density at radius 1 is 1.03 bits per heavy atom. The zero-order valence-electron chi connectivity index (χ0n) is 16.4. The lowest BCUT2D eigenvalue weighted by Gasteiger charge is -2.14. The molecule has 0 fully saturated rings. The van der Waals surface area contributed by atoms with Crippen LogP contribution in [-0.2, 0) is 4.79 Å². The van der Waals surface area contributed by atoms with E-state index in [0.717, 1.165) is 16.8 Å². The second kappa shape index (κ2) is 9.51. The normalized spacial score (nSPS) is 10.8. The maximum Gasteiger partial charge on any atom is 0.234 e. The van der Waals surface area contributed by atoms with Gasteiger partial charge in [0.1, 0.15) is 0 Å². The molecule has 0 aliphatic carbocycles. The summed E-state index contributed by atoms with van der Waals surface area (Å²) in [5.74, 6) is 0.653. The molecule has 2 aromatic carbocycles. The SMILES string of the molecule is Cc1c(Cl)cccc1-n1c(SCC(=O)Nc2ccc(Cl)cc2)nnc1-c1ccncc1. The summed E-state index contributed by atoms with van der Waals surface area (Å²) in [5.41, 5.74) is 3.29. The van der Waals surface area contributed by atoms with Gasteiger partial charge in [-0.2, -0.15) is 0 Å². The van der Waals surface area contributed by atoms with Gasteiger partial charge in [0.25, 0.3) is 0 Å². The molecular weight excluding hydrogens is 453 g/mol. The van der Waals surface area contributed by atoms with Crippen LogP contribution in [0.1, 0.15) is 5.56 Å². The molecule has 2 heterocycles. The van der Waals surface area contributed by atoms with Crippen LogP contribution in [0, 0.1) is 6.92 Å². The second-order valence-electron chi connectivity index (χ2n) is 6.61. The Hall–Kier alpha value is -2.87. The van der Waals surface area contributed by atoms with E-state index in [2.05, 4.69) is 20.5 Å². The molecule has 0 aliphatic rings. The summed E-state index contributed by atoms with van der Waals surface area (Å²) >= 11 is 13.6. The minimum Gasteiger partial charge on any atom is -0.325 e. The first-order valence-electron chi connectivity index (χ1n) is 9.32. The quantitative estimate of drug-likeness (QED) is 0.368. The van der Waals surface area contributed by atoms with Crippen molar-refractivity contribution < 1.29 is 4.79 Å². The Bertz CT molecular complexity index is 1210. The van der Waals surface area contributed by atoms with E-state index >= 15 is 0 Å². The molecule has 31 heavy (non-hydrogen) atoms. The maximum absolute atomic E-state index is 12.5. The van der Waals surface area contributed by atoms with Gasteiger partial charge in [-0.25, -0.2) is 0 Å². The Kier molecular flexibility index (Phi) is 6.56. The molecule has 0 unspecified atom stereocenters. The third-order valence-electron chi connectivity index (χ3n) is 4.51. The summed E-state index contributed by atoms with van der Waals surface area (Å²) in [7, 11) is 0. The lowest BCUT2D eigenvalue weighted by molar-refractivity contribution is -0.113. The number of rotatable bonds is 6. The van der Waals surface area contributed by atoms with E-state index in [-0.39, 0.29) is 11.7 Å². The molecule has 4 aromatic rings. The number of carbonyl (C=O) groups excluding carboxylic acids is 1. The highest BCUT2D eigenvalue weighted by atomic mass is 35.5. The number of aromatic nitrogens is 4. The summed E-state index contributed by atoms with van der Waals surface area (Å²) in [6, 6.07) is 16.4. The van der Waals surface area contributed by atoms with E-state index in [1.807, 2.05) is 41.8 Å². The summed E-state index contributed by atoms with van der Waals surface area (Å²) in [6.45, 7) is 1.94. The summed E-state index contributed by atoms with van der Waals surface area (Å²) in [4.78, 5) is 16.5. The molecule has 4 rings (SSSR count). The number of anilines is 1. The largest absolute Gasteiger partial charge is 0.325 e. The number of hydrogen-bond donors (Lipinski definition) is 1. The van der Waals surface area contributed by atoms with Gasteiger partial charge in [-0.3, -0.25) is 14.3 Å². The highest BCUT2D eigenvalue weighted by Crippen LogP contribution is 2.31. The molecule has 0 atom stereocenters. The summed E-state index contributed by atoms with van der Waals surface area (Å²) < 4.78 is 1.91. The minimum atomic E-state index is -0.157. The Morgan fingerprint density at radius 2 is 1.77 bits per heavy atom. The van der Waals surface area contributed by atoms with Crippen LogP contribution in [0.2, 0.25) is 10.0 Å². The molecule has 9 heteroatoms. The average Bonchev–Trinajstić information content (AvgIpc) is 3.20. The molecule has 156 valence electrons. The van der Waals surface area contributed by atoms with Gasteiger partial charge in [0.2, 0.25) is 5.91 Å². The average molecular weight is 470 g/mol. The van der Waals surface area contributed by atoms with Crippen molar-refractivity contribution in [1.82, 2.24) is 19.7 Å². The summed E-state index contributed by atoms with van der Waals surface area (Å²) in [5, 5.41) is 13.4. The first-order chi connectivity index (χ1) is 15.0. The van der Waals surface area contributed by atoms with Gasteiger partial charge in [-0.1, -0.05) is 41.0 Å². The maximum atomic E-state index is 12.5. The molecule has 0 spiro atoms. The zero-order valence-corrected chi connectivity index (χ0v) is 18.7. The van der Waals surface area contributed by atoms with Crippen LogP contribution in [0.3, 0.4) is 0 Å². The fraction of sp³-hybridized carbons (Fsp3) is 0.0909. The van der Waals surface area contributed by atoms with Crippen LogP contribution in [0.15, 0.2) is 72.1 Å². The lowest BCUT2D eigenvalue weighted by Crippen LogP contribution is -2.14. The number of halogens is 2. The van der Waals surface area contributed by atoms with E-state index in [4.69, 9.17) is 23.2 Å². The molecule has 0 saturated carbocycles. The Morgan fingerprint density at radius 3 is 2.52 bits per heavy atom. The van der Waals surface area contributed by atoms with Crippen molar-refractivity contribution in [3.8, 4) is 17.1 Å². The van der Waals surface area contributed by atoms with Crippen molar-refractivity contribution >= 4 is 46.6 Å². The zero-order chi connectivity index (χ0) is 21.8. The lowest BCUT2D eigenvalue weighted by atomic mass is 10.2. The topological polar surface area (TPSA) is 72.7 Å². The van der Waals surface area contributed by atoms with Crippen molar-refractivity contribution in [2.24, 2.45) is 0 Å². The third kappa shape index (κ3) is 4.90. The van der Waals surface area contributed by atoms with E-state index in [9.17, 15) is 4.79 Å². The number of hydrogen-bond acceptors (Lipinski definition) is 5. The molecule has 1 amide bonds. The molecule has 0 radical (unpaired) electrons. The van der Waals surface area contributed by atoms with E-state index in [1.165, 1.54) is 11.8 Å². The number of pyridine rings is 1. The first kappa shape index (κ1) is 21.4. The molecule has 1 N–H and O–H groups in total.